The minimum Gasteiger partial charge on any atom is -0.491 e. The van der Waals surface area contributed by atoms with Crippen molar-refractivity contribution in [1.29, 1.82) is 0 Å². The third-order valence-electron chi connectivity index (χ3n) is 3.03. The molecule has 0 aliphatic carbocycles. The lowest BCUT2D eigenvalue weighted by Crippen LogP contribution is -2.25. The zero-order valence-electron chi connectivity index (χ0n) is 11.9. The molecule has 2 aromatic carbocycles. The number of hydrogen-bond donors (Lipinski definition) is 1. The van der Waals surface area contributed by atoms with Gasteiger partial charge in [-0.05, 0) is 43.2 Å². The van der Waals surface area contributed by atoms with E-state index < -0.39 is 0 Å². The fraction of sp³-hybridized carbons (Fsp3) is 0.235. The minimum absolute atomic E-state index is 0.123. The van der Waals surface area contributed by atoms with Crippen molar-refractivity contribution in [1.82, 2.24) is 5.32 Å². The highest BCUT2D eigenvalue weighted by atomic mass is 19.1. The number of carbonyl (C=O) groups excluding carboxylic acids is 1. The van der Waals surface area contributed by atoms with E-state index in [1.54, 1.807) is 18.2 Å². The van der Waals surface area contributed by atoms with Crippen LogP contribution in [0.3, 0.4) is 0 Å². The Hall–Kier alpha value is -2.36. The van der Waals surface area contributed by atoms with Gasteiger partial charge in [0.25, 0.3) is 5.91 Å². The molecule has 0 aromatic heterocycles. The molecule has 0 fully saturated rings. The Morgan fingerprint density at radius 1 is 1.19 bits per heavy atom. The third kappa shape index (κ3) is 4.31. The zero-order valence-corrected chi connectivity index (χ0v) is 11.9. The summed E-state index contributed by atoms with van der Waals surface area (Å²) < 4.78 is 18.8. The molecule has 0 radical (unpaired) electrons. The summed E-state index contributed by atoms with van der Waals surface area (Å²) in [4.78, 5) is 11.8. The van der Waals surface area contributed by atoms with Gasteiger partial charge in [0, 0.05) is 12.1 Å². The molecule has 0 heterocycles. The van der Waals surface area contributed by atoms with E-state index in [2.05, 4.69) is 5.32 Å². The molecule has 0 saturated heterocycles. The predicted octanol–water partition coefficient (Wildman–Crippen LogP) is 3.20. The van der Waals surface area contributed by atoms with Crippen LogP contribution in [0.1, 0.15) is 22.8 Å². The number of ether oxygens (including phenoxy) is 1. The van der Waals surface area contributed by atoms with Crippen LogP contribution in [0.5, 0.6) is 5.75 Å². The first kappa shape index (κ1) is 15.0. The van der Waals surface area contributed by atoms with Gasteiger partial charge in [-0.1, -0.05) is 24.3 Å². The van der Waals surface area contributed by atoms with Crippen LogP contribution in [0.15, 0.2) is 48.5 Å². The summed E-state index contributed by atoms with van der Waals surface area (Å²) in [6.45, 7) is 2.71. The summed E-state index contributed by atoms with van der Waals surface area (Å²) in [7, 11) is 0. The van der Waals surface area contributed by atoms with Crippen LogP contribution in [-0.4, -0.2) is 19.1 Å². The molecular weight excluding hydrogens is 269 g/mol. The quantitative estimate of drug-likeness (QED) is 0.886. The molecule has 2 aromatic rings. The SMILES string of the molecule is CCOc1ccc(CCNC(=O)c2ccccc2)cc1F. The Balaban J connectivity index is 1.86. The van der Waals surface area contributed by atoms with Gasteiger partial charge < -0.3 is 10.1 Å². The molecule has 0 bridgehead atoms. The maximum Gasteiger partial charge on any atom is 0.251 e. The summed E-state index contributed by atoms with van der Waals surface area (Å²) >= 11 is 0. The van der Waals surface area contributed by atoms with Crippen molar-refractivity contribution in [3.05, 3.63) is 65.5 Å². The van der Waals surface area contributed by atoms with Crippen LogP contribution in [0.25, 0.3) is 0 Å². The Morgan fingerprint density at radius 3 is 2.62 bits per heavy atom. The van der Waals surface area contributed by atoms with Crippen LogP contribution in [-0.2, 0) is 6.42 Å². The number of benzene rings is 2. The van der Waals surface area contributed by atoms with E-state index in [1.807, 2.05) is 31.2 Å². The van der Waals surface area contributed by atoms with E-state index in [9.17, 15) is 9.18 Å². The van der Waals surface area contributed by atoms with Gasteiger partial charge in [-0.25, -0.2) is 4.39 Å². The van der Waals surface area contributed by atoms with E-state index in [1.165, 1.54) is 6.07 Å². The van der Waals surface area contributed by atoms with Gasteiger partial charge in [0.15, 0.2) is 11.6 Å². The molecule has 0 atom stereocenters. The lowest BCUT2D eigenvalue weighted by atomic mass is 10.1. The van der Waals surface area contributed by atoms with Crippen molar-refractivity contribution in [3.63, 3.8) is 0 Å². The second-order valence-electron chi connectivity index (χ2n) is 4.57. The van der Waals surface area contributed by atoms with Crippen molar-refractivity contribution in [2.24, 2.45) is 0 Å². The number of nitrogens with one attached hydrogen (secondary N) is 1. The summed E-state index contributed by atoms with van der Waals surface area (Å²) in [5.41, 5.74) is 1.44. The molecular formula is C17H18FNO2. The first-order chi connectivity index (χ1) is 10.2. The van der Waals surface area contributed by atoms with Gasteiger partial charge in [-0.3, -0.25) is 4.79 Å². The molecule has 0 saturated carbocycles. The molecule has 0 unspecified atom stereocenters. The number of rotatable bonds is 6. The van der Waals surface area contributed by atoms with Gasteiger partial charge in [-0.2, -0.15) is 0 Å². The van der Waals surface area contributed by atoms with Crippen LogP contribution < -0.4 is 10.1 Å². The fourth-order valence-corrected chi connectivity index (χ4v) is 1.98. The maximum atomic E-state index is 13.7. The number of halogens is 1. The van der Waals surface area contributed by atoms with Gasteiger partial charge in [0.1, 0.15) is 0 Å². The minimum atomic E-state index is -0.372. The Morgan fingerprint density at radius 2 is 1.95 bits per heavy atom. The average molecular weight is 287 g/mol. The lowest BCUT2D eigenvalue weighted by Gasteiger charge is -2.08. The van der Waals surface area contributed by atoms with E-state index in [0.717, 1.165) is 5.56 Å². The first-order valence-electron chi connectivity index (χ1n) is 6.95. The lowest BCUT2D eigenvalue weighted by molar-refractivity contribution is 0.0954. The second-order valence-corrected chi connectivity index (χ2v) is 4.57. The van der Waals surface area contributed by atoms with Crippen LogP contribution >= 0.6 is 0 Å². The van der Waals surface area contributed by atoms with E-state index in [4.69, 9.17) is 4.74 Å². The standard InChI is InChI=1S/C17H18FNO2/c1-2-21-16-9-8-13(12-15(16)18)10-11-19-17(20)14-6-4-3-5-7-14/h3-9,12H,2,10-11H2,1H3,(H,19,20). The molecule has 1 N–H and O–H groups in total. The predicted molar refractivity (Wildman–Crippen MR) is 80.0 cm³/mol. The smallest absolute Gasteiger partial charge is 0.251 e. The summed E-state index contributed by atoms with van der Waals surface area (Å²) in [5.74, 6) is -0.236. The second kappa shape index (κ2) is 7.43. The zero-order chi connectivity index (χ0) is 15.1. The number of carbonyl (C=O) groups is 1. The Kier molecular flexibility index (Phi) is 5.32. The third-order valence-corrected chi connectivity index (χ3v) is 3.03. The molecule has 21 heavy (non-hydrogen) atoms. The largest absolute Gasteiger partial charge is 0.491 e. The Labute approximate surface area is 123 Å². The van der Waals surface area contributed by atoms with E-state index in [0.29, 0.717) is 25.1 Å². The van der Waals surface area contributed by atoms with Crippen LogP contribution in [0.2, 0.25) is 0 Å². The molecule has 3 nitrogen and oxygen atoms in total. The van der Waals surface area contributed by atoms with Gasteiger partial charge >= 0.3 is 0 Å². The van der Waals surface area contributed by atoms with Crippen molar-refractivity contribution < 1.29 is 13.9 Å². The highest BCUT2D eigenvalue weighted by Gasteiger charge is 2.06. The molecule has 2 rings (SSSR count). The molecule has 0 aliphatic heterocycles. The van der Waals surface area contributed by atoms with Gasteiger partial charge in [-0.15, -0.1) is 0 Å². The van der Waals surface area contributed by atoms with E-state index >= 15 is 0 Å². The normalized spacial score (nSPS) is 10.2. The molecule has 0 aliphatic rings. The number of hydrogen-bond acceptors (Lipinski definition) is 2. The maximum absolute atomic E-state index is 13.7. The summed E-state index contributed by atoms with van der Waals surface area (Å²) in [5, 5.41) is 2.81. The highest BCUT2D eigenvalue weighted by molar-refractivity contribution is 5.94. The van der Waals surface area contributed by atoms with Crippen molar-refractivity contribution in [2.75, 3.05) is 13.2 Å². The van der Waals surface area contributed by atoms with Crippen molar-refractivity contribution >= 4 is 5.91 Å². The Bertz CT molecular complexity index is 599. The molecule has 0 spiro atoms. The topological polar surface area (TPSA) is 38.3 Å². The van der Waals surface area contributed by atoms with Crippen LogP contribution in [0.4, 0.5) is 4.39 Å². The first-order valence-corrected chi connectivity index (χ1v) is 6.95. The number of amides is 1. The molecule has 4 heteroatoms. The van der Waals surface area contributed by atoms with E-state index in [-0.39, 0.29) is 17.5 Å². The van der Waals surface area contributed by atoms with Crippen molar-refractivity contribution in [3.8, 4) is 5.75 Å². The monoisotopic (exact) mass is 287 g/mol. The van der Waals surface area contributed by atoms with Gasteiger partial charge in [0.05, 0.1) is 6.61 Å². The molecule has 1 amide bonds. The van der Waals surface area contributed by atoms with Gasteiger partial charge in [0.2, 0.25) is 0 Å². The summed E-state index contributed by atoms with van der Waals surface area (Å²) in [6.07, 6.45) is 0.571. The highest BCUT2D eigenvalue weighted by Crippen LogP contribution is 2.18. The van der Waals surface area contributed by atoms with Crippen molar-refractivity contribution in [2.45, 2.75) is 13.3 Å². The summed E-state index contributed by atoms with van der Waals surface area (Å²) in [6, 6.07) is 13.9. The molecule has 110 valence electrons. The van der Waals surface area contributed by atoms with Crippen LogP contribution in [0, 0.1) is 5.82 Å². The average Bonchev–Trinajstić information content (AvgIpc) is 2.51. The fourth-order valence-electron chi connectivity index (χ4n) is 1.98.